The highest BCUT2D eigenvalue weighted by Crippen LogP contribution is 2.20. The van der Waals surface area contributed by atoms with E-state index in [0.717, 1.165) is 11.1 Å². The molecule has 0 radical (unpaired) electrons. The van der Waals surface area contributed by atoms with Crippen molar-refractivity contribution in [2.45, 2.75) is 32.1 Å². The number of benzene rings is 2. The Kier molecular flexibility index (Phi) is 5.62. The van der Waals surface area contributed by atoms with Gasteiger partial charge in [-0.1, -0.05) is 60.5 Å². The molecule has 0 fully saturated rings. The summed E-state index contributed by atoms with van der Waals surface area (Å²) in [4.78, 5) is 0. The average Bonchev–Trinajstić information content (AvgIpc) is 2.45. The fourth-order valence-corrected chi connectivity index (χ4v) is 3.94. The van der Waals surface area contributed by atoms with E-state index in [-0.39, 0.29) is 11.8 Å². The van der Waals surface area contributed by atoms with E-state index in [1.165, 1.54) is 0 Å². The summed E-state index contributed by atoms with van der Waals surface area (Å²) >= 11 is 5.90. The van der Waals surface area contributed by atoms with Crippen LogP contribution < -0.4 is 4.72 Å². The number of halogens is 1. The maximum atomic E-state index is 12.4. The number of hydrogen-bond acceptors (Lipinski definition) is 2. The first kappa shape index (κ1) is 17.0. The van der Waals surface area contributed by atoms with E-state index in [9.17, 15) is 8.42 Å². The maximum absolute atomic E-state index is 12.4. The zero-order valence-electron chi connectivity index (χ0n) is 12.7. The summed E-state index contributed by atoms with van der Waals surface area (Å²) < 4.78 is 27.5. The second-order valence-electron chi connectivity index (χ2n) is 5.38. The van der Waals surface area contributed by atoms with E-state index in [1.807, 2.05) is 38.1 Å². The van der Waals surface area contributed by atoms with Crippen molar-refractivity contribution in [2.24, 2.45) is 0 Å². The fraction of sp³-hybridized carbons (Fsp3) is 0.294. The average molecular weight is 338 g/mol. The lowest BCUT2D eigenvalue weighted by atomic mass is 10.0. The number of aryl methyl sites for hydroxylation is 1. The molecule has 0 amide bonds. The minimum Gasteiger partial charge on any atom is -0.212 e. The molecule has 2 rings (SSSR count). The van der Waals surface area contributed by atoms with E-state index in [1.54, 1.807) is 24.3 Å². The first-order valence-corrected chi connectivity index (χ1v) is 9.23. The Morgan fingerprint density at radius 1 is 1.14 bits per heavy atom. The summed E-state index contributed by atoms with van der Waals surface area (Å²) in [5, 5.41) is 0.540. The quantitative estimate of drug-likeness (QED) is 0.857. The van der Waals surface area contributed by atoms with Gasteiger partial charge in [0.1, 0.15) is 0 Å². The first-order chi connectivity index (χ1) is 10.4. The molecular weight excluding hydrogens is 318 g/mol. The van der Waals surface area contributed by atoms with Crippen LogP contribution in [0.25, 0.3) is 0 Å². The summed E-state index contributed by atoms with van der Waals surface area (Å²) in [6.07, 6.45) is 0.692. The number of hydrogen-bond donors (Lipinski definition) is 1. The molecule has 0 saturated heterocycles. The Bertz CT molecular complexity index is 727. The largest absolute Gasteiger partial charge is 0.216 e. The van der Waals surface area contributed by atoms with Gasteiger partial charge in [-0.25, -0.2) is 13.1 Å². The third-order valence-electron chi connectivity index (χ3n) is 3.46. The highest BCUT2D eigenvalue weighted by molar-refractivity contribution is 7.88. The summed E-state index contributed by atoms with van der Waals surface area (Å²) in [6, 6.07) is 14.6. The molecule has 0 unspecified atom stereocenters. The van der Waals surface area contributed by atoms with Gasteiger partial charge in [0.25, 0.3) is 0 Å². The van der Waals surface area contributed by atoms with E-state index < -0.39 is 10.0 Å². The molecule has 0 aromatic heterocycles. The van der Waals surface area contributed by atoms with Gasteiger partial charge in [-0.15, -0.1) is 0 Å². The van der Waals surface area contributed by atoms with Crippen molar-refractivity contribution in [1.29, 1.82) is 0 Å². The normalized spacial score (nSPS) is 13.0. The zero-order valence-corrected chi connectivity index (χ0v) is 14.3. The van der Waals surface area contributed by atoms with Crippen LogP contribution in [0.5, 0.6) is 0 Å². The monoisotopic (exact) mass is 337 g/mol. The molecule has 0 spiro atoms. The molecule has 1 N–H and O–H groups in total. The maximum Gasteiger partial charge on any atom is 0.216 e. The molecule has 1 atom stereocenters. The van der Waals surface area contributed by atoms with Crippen molar-refractivity contribution < 1.29 is 8.42 Å². The Hall–Kier alpha value is -1.36. The lowest BCUT2D eigenvalue weighted by molar-refractivity contribution is 0.549. The van der Waals surface area contributed by atoms with Crippen LogP contribution in [0, 0.1) is 6.92 Å². The van der Waals surface area contributed by atoms with Gasteiger partial charge in [0.05, 0.1) is 5.75 Å². The van der Waals surface area contributed by atoms with E-state index in [4.69, 9.17) is 11.6 Å². The Morgan fingerprint density at radius 2 is 1.82 bits per heavy atom. The second kappa shape index (κ2) is 7.27. The third kappa shape index (κ3) is 4.83. The molecule has 22 heavy (non-hydrogen) atoms. The van der Waals surface area contributed by atoms with Crippen LogP contribution in [-0.4, -0.2) is 8.42 Å². The Balaban J connectivity index is 2.13. The summed E-state index contributed by atoms with van der Waals surface area (Å²) in [7, 11) is -3.43. The summed E-state index contributed by atoms with van der Waals surface area (Å²) in [5.74, 6) is -0.0735. The highest BCUT2D eigenvalue weighted by atomic mass is 35.5. The molecule has 0 saturated carbocycles. The SMILES string of the molecule is CC[C@H](NS(=O)(=O)Cc1cccc(Cl)c1)c1ccc(C)cc1. The molecule has 2 aromatic rings. The molecule has 3 nitrogen and oxygen atoms in total. The van der Waals surface area contributed by atoms with Gasteiger partial charge in [-0.3, -0.25) is 0 Å². The van der Waals surface area contributed by atoms with E-state index in [2.05, 4.69) is 4.72 Å². The van der Waals surface area contributed by atoms with Crippen LogP contribution >= 0.6 is 11.6 Å². The Labute approximate surface area is 137 Å². The fourth-order valence-electron chi connectivity index (χ4n) is 2.29. The number of nitrogens with one attached hydrogen (secondary N) is 1. The van der Waals surface area contributed by atoms with Crippen LogP contribution in [0.1, 0.15) is 36.1 Å². The van der Waals surface area contributed by atoms with Crippen LogP contribution in [0.15, 0.2) is 48.5 Å². The molecule has 0 heterocycles. The second-order valence-corrected chi connectivity index (χ2v) is 7.57. The number of sulfonamides is 1. The van der Waals surface area contributed by atoms with Gasteiger partial charge in [-0.05, 0) is 36.6 Å². The highest BCUT2D eigenvalue weighted by Gasteiger charge is 2.18. The molecule has 0 bridgehead atoms. The zero-order chi connectivity index (χ0) is 16.2. The molecule has 0 aliphatic heterocycles. The Morgan fingerprint density at radius 3 is 2.41 bits per heavy atom. The molecule has 118 valence electrons. The van der Waals surface area contributed by atoms with Crippen molar-refractivity contribution in [2.75, 3.05) is 0 Å². The molecule has 5 heteroatoms. The summed E-state index contributed by atoms with van der Waals surface area (Å²) in [6.45, 7) is 3.97. The third-order valence-corrected chi connectivity index (χ3v) is 5.05. The van der Waals surface area contributed by atoms with Crippen molar-refractivity contribution in [1.82, 2.24) is 4.72 Å². The lowest BCUT2D eigenvalue weighted by Crippen LogP contribution is -2.29. The number of rotatable bonds is 6. The van der Waals surface area contributed by atoms with Crippen LogP contribution in [0.3, 0.4) is 0 Å². The van der Waals surface area contributed by atoms with Crippen LogP contribution in [0.4, 0.5) is 0 Å². The molecule has 2 aromatic carbocycles. The van der Waals surface area contributed by atoms with E-state index >= 15 is 0 Å². The predicted molar refractivity (Wildman–Crippen MR) is 91.4 cm³/mol. The minimum absolute atomic E-state index is 0.0735. The van der Waals surface area contributed by atoms with E-state index in [0.29, 0.717) is 17.0 Å². The van der Waals surface area contributed by atoms with Crippen LogP contribution in [0.2, 0.25) is 5.02 Å². The molecule has 0 aliphatic carbocycles. The van der Waals surface area contributed by atoms with Crippen LogP contribution in [-0.2, 0) is 15.8 Å². The first-order valence-electron chi connectivity index (χ1n) is 7.20. The van der Waals surface area contributed by atoms with Crippen molar-refractivity contribution in [3.05, 3.63) is 70.2 Å². The van der Waals surface area contributed by atoms with Gasteiger partial charge < -0.3 is 0 Å². The predicted octanol–water partition coefficient (Wildman–Crippen LogP) is 4.22. The minimum atomic E-state index is -3.43. The van der Waals surface area contributed by atoms with Gasteiger partial charge in [0, 0.05) is 11.1 Å². The molecule has 0 aliphatic rings. The molecular formula is C17H20ClNO2S. The van der Waals surface area contributed by atoms with Gasteiger partial charge in [-0.2, -0.15) is 0 Å². The van der Waals surface area contributed by atoms with Gasteiger partial charge in [0.15, 0.2) is 0 Å². The topological polar surface area (TPSA) is 46.2 Å². The van der Waals surface area contributed by atoms with Crippen molar-refractivity contribution >= 4 is 21.6 Å². The van der Waals surface area contributed by atoms with Crippen molar-refractivity contribution in [3.8, 4) is 0 Å². The van der Waals surface area contributed by atoms with Gasteiger partial charge >= 0.3 is 0 Å². The lowest BCUT2D eigenvalue weighted by Gasteiger charge is -2.18. The van der Waals surface area contributed by atoms with Crippen molar-refractivity contribution in [3.63, 3.8) is 0 Å². The smallest absolute Gasteiger partial charge is 0.212 e. The van der Waals surface area contributed by atoms with Gasteiger partial charge in [0.2, 0.25) is 10.0 Å². The summed E-state index contributed by atoms with van der Waals surface area (Å²) in [5.41, 5.74) is 2.81. The standard InChI is InChI=1S/C17H20ClNO2S/c1-3-17(15-9-7-13(2)8-10-15)19-22(20,21)12-14-5-4-6-16(18)11-14/h4-11,17,19H,3,12H2,1-2H3/t17-/m0/s1.